The number of aryl methyl sites for hydroxylation is 2. The van der Waals surface area contributed by atoms with Crippen LogP contribution in [0.1, 0.15) is 16.7 Å². The molecule has 1 aliphatic rings. The minimum atomic E-state index is -0.383. The zero-order valence-electron chi connectivity index (χ0n) is 16.6. The molecule has 0 aliphatic carbocycles. The van der Waals surface area contributed by atoms with Crippen LogP contribution in [0.2, 0.25) is 0 Å². The number of hydrogen-bond donors (Lipinski definition) is 0. The lowest BCUT2D eigenvalue weighted by molar-refractivity contribution is -0.384. The van der Waals surface area contributed by atoms with Gasteiger partial charge in [0.15, 0.2) is 0 Å². The molecule has 4 rings (SSSR count). The first kappa shape index (κ1) is 19.1. The van der Waals surface area contributed by atoms with E-state index in [1.165, 1.54) is 5.56 Å². The van der Waals surface area contributed by atoms with Gasteiger partial charge in [-0.3, -0.25) is 15.0 Å². The quantitative estimate of drug-likeness (QED) is 0.382. The number of nitro benzene ring substituents is 1. The summed E-state index contributed by atoms with van der Waals surface area (Å²) in [4.78, 5) is 27.0. The molecule has 0 radical (unpaired) electrons. The van der Waals surface area contributed by atoms with Gasteiger partial charge in [-0.2, -0.15) is 0 Å². The monoisotopic (exact) mass is 393 g/mol. The molecule has 0 saturated carbocycles. The molecular formula is C22H23N3O4. The van der Waals surface area contributed by atoms with E-state index in [1.54, 1.807) is 30.3 Å². The van der Waals surface area contributed by atoms with E-state index in [2.05, 4.69) is 22.8 Å². The minimum Gasteiger partial charge on any atom is -0.423 e. The van der Waals surface area contributed by atoms with Crippen LogP contribution in [0.5, 0.6) is 0 Å². The van der Waals surface area contributed by atoms with E-state index in [0.29, 0.717) is 12.1 Å². The Morgan fingerprint density at radius 2 is 1.66 bits per heavy atom. The normalized spacial score (nSPS) is 15.0. The highest BCUT2D eigenvalue weighted by molar-refractivity contribution is 5.81. The number of hydrogen-bond acceptors (Lipinski definition) is 6. The fourth-order valence-corrected chi connectivity index (χ4v) is 3.80. The van der Waals surface area contributed by atoms with E-state index in [4.69, 9.17) is 4.42 Å². The summed E-state index contributed by atoms with van der Waals surface area (Å²) in [7, 11) is 0. The second kappa shape index (κ2) is 7.67. The van der Waals surface area contributed by atoms with Crippen LogP contribution in [-0.4, -0.2) is 36.0 Å². The topological polar surface area (TPSA) is 79.8 Å². The molecule has 0 unspecified atom stereocenters. The van der Waals surface area contributed by atoms with Gasteiger partial charge >= 0.3 is 5.63 Å². The molecule has 0 bridgehead atoms. The van der Waals surface area contributed by atoms with Gasteiger partial charge in [0.1, 0.15) is 5.58 Å². The molecule has 0 spiro atoms. The number of fused-ring (bicyclic) bond motifs is 1. The first-order chi connectivity index (χ1) is 13.9. The van der Waals surface area contributed by atoms with Gasteiger partial charge in [0.25, 0.3) is 5.69 Å². The lowest BCUT2D eigenvalue weighted by atomic mass is 10.0. The minimum absolute atomic E-state index is 0.104. The Balaban J connectivity index is 1.48. The molecule has 1 aromatic heterocycles. The predicted molar refractivity (Wildman–Crippen MR) is 113 cm³/mol. The van der Waals surface area contributed by atoms with E-state index < -0.39 is 0 Å². The van der Waals surface area contributed by atoms with Crippen LogP contribution in [-0.2, 0) is 6.54 Å². The van der Waals surface area contributed by atoms with Gasteiger partial charge in [-0.15, -0.1) is 0 Å². The Labute approximate surface area is 168 Å². The van der Waals surface area contributed by atoms with Crippen molar-refractivity contribution in [3.8, 4) is 0 Å². The molecule has 7 heteroatoms. The van der Waals surface area contributed by atoms with Gasteiger partial charge < -0.3 is 9.32 Å². The maximum absolute atomic E-state index is 12.0. The van der Waals surface area contributed by atoms with Gasteiger partial charge in [-0.05, 0) is 54.8 Å². The first-order valence-corrected chi connectivity index (χ1v) is 9.66. The van der Waals surface area contributed by atoms with Crippen LogP contribution < -0.4 is 10.5 Å². The standard InChI is InChI=1S/C22H23N3O4/c1-15-11-20-17(13-22(26)29-21(20)12-16(15)2)14-23-7-9-24(10-8-23)18-3-5-19(6-4-18)25(27)28/h3-6,11-13H,7-10,14H2,1-2H3. The third kappa shape index (κ3) is 4.00. The maximum Gasteiger partial charge on any atom is 0.336 e. The van der Waals surface area contributed by atoms with E-state index in [1.807, 2.05) is 13.0 Å². The summed E-state index contributed by atoms with van der Waals surface area (Å²) in [5.41, 5.74) is 4.69. The number of benzene rings is 2. The Hall–Kier alpha value is -3.19. The van der Waals surface area contributed by atoms with Crippen molar-refractivity contribution in [2.75, 3.05) is 31.1 Å². The van der Waals surface area contributed by atoms with Crippen molar-refractivity contribution in [3.63, 3.8) is 0 Å². The molecule has 29 heavy (non-hydrogen) atoms. The molecule has 1 saturated heterocycles. The van der Waals surface area contributed by atoms with Crippen molar-refractivity contribution in [1.29, 1.82) is 0 Å². The number of non-ortho nitro benzene ring substituents is 1. The lowest BCUT2D eigenvalue weighted by Crippen LogP contribution is -2.46. The Bertz CT molecular complexity index is 1110. The van der Waals surface area contributed by atoms with Crippen LogP contribution >= 0.6 is 0 Å². The summed E-state index contributed by atoms with van der Waals surface area (Å²) < 4.78 is 5.40. The summed E-state index contributed by atoms with van der Waals surface area (Å²) in [6, 6.07) is 12.3. The zero-order chi connectivity index (χ0) is 20.5. The first-order valence-electron chi connectivity index (χ1n) is 9.66. The predicted octanol–water partition coefficient (Wildman–Crippen LogP) is 3.64. The van der Waals surface area contributed by atoms with Gasteiger partial charge in [-0.25, -0.2) is 4.79 Å². The smallest absolute Gasteiger partial charge is 0.336 e. The van der Waals surface area contributed by atoms with Crippen LogP contribution in [0.4, 0.5) is 11.4 Å². The maximum atomic E-state index is 12.0. The van der Waals surface area contributed by atoms with Gasteiger partial charge in [-0.1, -0.05) is 0 Å². The molecule has 0 N–H and O–H groups in total. The second-order valence-electron chi connectivity index (χ2n) is 7.56. The zero-order valence-corrected chi connectivity index (χ0v) is 16.6. The Morgan fingerprint density at radius 1 is 1.00 bits per heavy atom. The molecule has 150 valence electrons. The second-order valence-corrected chi connectivity index (χ2v) is 7.56. The van der Waals surface area contributed by atoms with E-state index in [-0.39, 0.29) is 16.2 Å². The lowest BCUT2D eigenvalue weighted by Gasteiger charge is -2.36. The number of rotatable bonds is 4. The highest BCUT2D eigenvalue weighted by atomic mass is 16.6. The van der Waals surface area contributed by atoms with Gasteiger partial charge in [0.2, 0.25) is 0 Å². The highest BCUT2D eigenvalue weighted by Crippen LogP contribution is 2.24. The molecule has 7 nitrogen and oxygen atoms in total. The van der Waals surface area contributed by atoms with E-state index >= 15 is 0 Å². The molecular weight excluding hydrogens is 370 g/mol. The SMILES string of the molecule is Cc1cc2oc(=O)cc(CN3CCN(c4ccc([N+](=O)[O-])cc4)CC3)c2cc1C. The summed E-state index contributed by atoms with van der Waals surface area (Å²) in [6.45, 7) is 8.13. The molecule has 1 fully saturated rings. The van der Waals surface area contributed by atoms with Crippen molar-refractivity contribution in [3.05, 3.63) is 79.7 Å². The molecule has 2 heterocycles. The third-order valence-electron chi connectivity index (χ3n) is 5.64. The largest absolute Gasteiger partial charge is 0.423 e. The fourth-order valence-electron chi connectivity index (χ4n) is 3.80. The summed E-state index contributed by atoms with van der Waals surface area (Å²) in [5.74, 6) is 0. The van der Waals surface area contributed by atoms with Crippen LogP contribution in [0.25, 0.3) is 11.0 Å². The van der Waals surface area contributed by atoms with Crippen LogP contribution in [0.3, 0.4) is 0 Å². The summed E-state index contributed by atoms with van der Waals surface area (Å²) >= 11 is 0. The molecule has 0 amide bonds. The van der Waals surface area contributed by atoms with Gasteiger partial charge in [0.05, 0.1) is 4.92 Å². The molecule has 1 aliphatic heterocycles. The van der Waals surface area contributed by atoms with Crippen molar-refractivity contribution < 1.29 is 9.34 Å². The number of nitrogens with zero attached hydrogens (tertiary/aromatic N) is 3. The van der Waals surface area contributed by atoms with Crippen LogP contribution in [0.15, 0.2) is 51.7 Å². The fraction of sp³-hybridized carbons (Fsp3) is 0.318. The van der Waals surface area contributed by atoms with E-state index in [0.717, 1.165) is 48.4 Å². The van der Waals surface area contributed by atoms with E-state index in [9.17, 15) is 14.9 Å². The summed E-state index contributed by atoms with van der Waals surface area (Å²) in [6.07, 6.45) is 0. The molecule has 3 aromatic rings. The van der Waals surface area contributed by atoms with Crippen molar-refractivity contribution >= 4 is 22.3 Å². The van der Waals surface area contributed by atoms with Crippen molar-refractivity contribution in [2.45, 2.75) is 20.4 Å². The average Bonchev–Trinajstić information content (AvgIpc) is 2.70. The molecule has 2 aromatic carbocycles. The third-order valence-corrected chi connectivity index (χ3v) is 5.64. The van der Waals surface area contributed by atoms with Gasteiger partial charge in [0, 0.05) is 62.0 Å². The number of nitro groups is 1. The summed E-state index contributed by atoms with van der Waals surface area (Å²) in [5, 5.41) is 11.8. The Kier molecular flexibility index (Phi) is 5.07. The van der Waals surface area contributed by atoms with Crippen molar-refractivity contribution in [1.82, 2.24) is 4.90 Å². The number of piperazine rings is 1. The highest BCUT2D eigenvalue weighted by Gasteiger charge is 2.19. The van der Waals surface area contributed by atoms with Crippen molar-refractivity contribution in [2.24, 2.45) is 0 Å². The molecule has 0 atom stereocenters. The average molecular weight is 393 g/mol. The number of anilines is 1. The van der Waals surface area contributed by atoms with Crippen LogP contribution in [0, 0.1) is 24.0 Å². The Morgan fingerprint density at radius 3 is 2.31 bits per heavy atom.